The number of ether oxygens (including phenoxy) is 3. The number of esters is 3. The van der Waals surface area contributed by atoms with Gasteiger partial charge in [-0.2, -0.15) is 0 Å². The van der Waals surface area contributed by atoms with Crippen LogP contribution in [0.25, 0.3) is 0 Å². The van der Waals surface area contributed by atoms with Gasteiger partial charge in [0.15, 0.2) is 6.61 Å². The lowest BCUT2D eigenvalue weighted by molar-refractivity contribution is -0.156. The SMILES string of the molecule is COC(=O)C1=C(C)N=C(C)C(C(=O)OC)[C@H]1C(=O)OCC(=O)c1ccc(C)s1. The van der Waals surface area contributed by atoms with Crippen LogP contribution in [-0.2, 0) is 28.6 Å². The van der Waals surface area contributed by atoms with Crippen LogP contribution in [0, 0.1) is 18.8 Å². The molecular formula is C19H21NO7S. The maximum atomic E-state index is 12.8. The van der Waals surface area contributed by atoms with Gasteiger partial charge < -0.3 is 14.2 Å². The molecule has 1 aromatic rings. The highest BCUT2D eigenvalue weighted by Crippen LogP contribution is 2.33. The van der Waals surface area contributed by atoms with Crippen LogP contribution in [0.5, 0.6) is 0 Å². The number of ketones is 1. The molecule has 2 rings (SSSR count). The molecule has 0 fully saturated rings. The zero-order valence-electron chi connectivity index (χ0n) is 16.2. The van der Waals surface area contributed by atoms with Crippen molar-refractivity contribution in [1.29, 1.82) is 0 Å². The van der Waals surface area contributed by atoms with E-state index < -0.39 is 36.4 Å². The average molecular weight is 407 g/mol. The summed E-state index contributed by atoms with van der Waals surface area (Å²) in [6.45, 7) is 4.43. The predicted octanol–water partition coefficient (Wildman–Crippen LogP) is 2.11. The summed E-state index contributed by atoms with van der Waals surface area (Å²) in [5.74, 6) is -5.26. The molecule has 8 nitrogen and oxygen atoms in total. The van der Waals surface area contributed by atoms with Crippen LogP contribution in [0.1, 0.15) is 28.4 Å². The van der Waals surface area contributed by atoms with E-state index in [0.29, 0.717) is 10.6 Å². The molecule has 1 aromatic heterocycles. The van der Waals surface area contributed by atoms with E-state index in [1.165, 1.54) is 25.4 Å². The fourth-order valence-electron chi connectivity index (χ4n) is 2.98. The van der Waals surface area contributed by atoms with E-state index in [1.807, 2.05) is 6.92 Å². The second-order valence-corrected chi connectivity index (χ2v) is 7.45. The topological polar surface area (TPSA) is 108 Å². The van der Waals surface area contributed by atoms with E-state index in [1.54, 1.807) is 19.1 Å². The third-order valence-corrected chi connectivity index (χ3v) is 5.35. The van der Waals surface area contributed by atoms with Crippen molar-refractivity contribution in [1.82, 2.24) is 0 Å². The second-order valence-electron chi connectivity index (χ2n) is 6.16. The summed E-state index contributed by atoms with van der Waals surface area (Å²) in [6.07, 6.45) is 0. The standard InChI is InChI=1S/C19H21NO7S/c1-9-6-7-13(28-9)12(21)8-27-19(24)16-14(17(22)25-4)10(2)20-11(3)15(16)18(23)26-5/h6-7,14,16H,8H2,1-5H3/t14?,16-/m1/s1. The van der Waals surface area contributed by atoms with Crippen molar-refractivity contribution >= 4 is 40.7 Å². The van der Waals surface area contributed by atoms with Crippen molar-refractivity contribution in [2.45, 2.75) is 20.8 Å². The second kappa shape index (κ2) is 8.92. The molecule has 0 aromatic carbocycles. The smallest absolute Gasteiger partial charge is 0.336 e. The Bertz CT molecular complexity index is 881. The van der Waals surface area contributed by atoms with Gasteiger partial charge in [0.05, 0.1) is 24.7 Å². The first-order chi connectivity index (χ1) is 13.2. The normalized spacial score (nSPS) is 19.0. The molecule has 1 unspecified atom stereocenters. The zero-order valence-corrected chi connectivity index (χ0v) is 17.0. The third kappa shape index (κ3) is 4.36. The van der Waals surface area contributed by atoms with Gasteiger partial charge in [-0.25, -0.2) is 4.79 Å². The van der Waals surface area contributed by atoms with E-state index in [2.05, 4.69) is 4.99 Å². The van der Waals surface area contributed by atoms with Crippen molar-refractivity contribution < 1.29 is 33.4 Å². The van der Waals surface area contributed by atoms with E-state index in [4.69, 9.17) is 14.2 Å². The van der Waals surface area contributed by atoms with Crippen LogP contribution in [0.15, 0.2) is 28.4 Å². The maximum Gasteiger partial charge on any atom is 0.336 e. The summed E-state index contributed by atoms with van der Waals surface area (Å²) < 4.78 is 14.7. The number of allylic oxidation sites excluding steroid dienone is 1. The average Bonchev–Trinajstić information content (AvgIpc) is 3.10. The number of methoxy groups -OCH3 is 2. The van der Waals surface area contributed by atoms with Crippen LogP contribution in [-0.4, -0.2) is 50.2 Å². The van der Waals surface area contributed by atoms with Gasteiger partial charge in [0, 0.05) is 16.3 Å². The number of aryl methyl sites for hydroxylation is 1. The number of rotatable bonds is 6. The minimum atomic E-state index is -1.31. The van der Waals surface area contributed by atoms with E-state index in [0.717, 1.165) is 12.0 Å². The van der Waals surface area contributed by atoms with Gasteiger partial charge in [-0.05, 0) is 32.9 Å². The minimum absolute atomic E-state index is 0.0899. The molecule has 0 aliphatic carbocycles. The van der Waals surface area contributed by atoms with Gasteiger partial charge in [0.2, 0.25) is 5.78 Å². The maximum absolute atomic E-state index is 12.8. The van der Waals surface area contributed by atoms with Crippen molar-refractivity contribution in [2.24, 2.45) is 16.8 Å². The lowest BCUT2D eigenvalue weighted by Gasteiger charge is -2.28. The largest absolute Gasteiger partial charge is 0.468 e. The van der Waals surface area contributed by atoms with Crippen molar-refractivity contribution in [2.75, 3.05) is 20.8 Å². The number of carbonyl (C=O) groups is 4. The van der Waals surface area contributed by atoms with E-state index in [9.17, 15) is 19.2 Å². The Morgan fingerprint density at radius 1 is 1.00 bits per heavy atom. The number of nitrogens with zero attached hydrogens (tertiary/aromatic N) is 1. The summed E-state index contributed by atoms with van der Waals surface area (Å²) in [7, 11) is 2.33. The van der Waals surface area contributed by atoms with Crippen LogP contribution in [0.2, 0.25) is 0 Å². The first-order valence-electron chi connectivity index (χ1n) is 8.39. The number of aliphatic imine (C=N–C) groups is 1. The molecule has 2 atom stereocenters. The monoisotopic (exact) mass is 407 g/mol. The molecule has 2 heterocycles. The summed E-state index contributed by atoms with van der Waals surface area (Å²) in [5, 5.41) is 0. The van der Waals surface area contributed by atoms with Gasteiger partial charge in [-0.1, -0.05) is 0 Å². The number of Topliss-reactive ketones (excluding diaryl/α,β-unsaturated/α-hetero) is 1. The molecule has 1 aliphatic heterocycles. The van der Waals surface area contributed by atoms with Gasteiger partial charge in [-0.3, -0.25) is 19.4 Å². The molecule has 1 aliphatic rings. The van der Waals surface area contributed by atoms with Gasteiger partial charge >= 0.3 is 17.9 Å². The fourth-order valence-corrected chi connectivity index (χ4v) is 3.77. The molecule has 0 radical (unpaired) electrons. The molecule has 0 N–H and O–H groups in total. The van der Waals surface area contributed by atoms with Gasteiger partial charge in [0.25, 0.3) is 0 Å². The molecule has 0 saturated heterocycles. The summed E-state index contributed by atoms with van der Waals surface area (Å²) in [4.78, 5) is 55.1. The first-order valence-corrected chi connectivity index (χ1v) is 9.21. The van der Waals surface area contributed by atoms with Crippen LogP contribution in [0.4, 0.5) is 0 Å². The lowest BCUT2D eigenvalue weighted by Crippen LogP contribution is -2.42. The highest BCUT2D eigenvalue weighted by Gasteiger charge is 2.46. The summed E-state index contributed by atoms with van der Waals surface area (Å²) >= 11 is 1.28. The van der Waals surface area contributed by atoms with E-state index >= 15 is 0 Å². The lowest BCUT2D eigenvalue weighted by atomic mass is 9.80. The molecule has 0 spiro atoms. The Morgan fingerprint density at radius 2 is 1.68 bits per heavy atom. The third-order valence-electron chi connectivity index (χ3n) is 4.30. The van der Waals surface area contributed by atoms with Crippen molar-refractivity contribution in [3.63, 3.8) is 0 Å². The van der Waals surface area contributed by atoms with Gasteiger partial charge in [0.1, 0.15) is 11.8 Å². The van der Waals surface area contributed by atoms with Crippen molar-refractivity contribution in [3.05, 3.63) is 33.2 Å². The van der Waals surface area contributed by atoms with Gasteiger partial charge in [-0.15, -0.1) is 11.3 Å². The molecule has 0 bridgehead atoms. The first kappa shape index (κ1) is 21.5. The van der Waals surface area contributed by atoms with Crippen LogP contribution in [0.3, 0.4) is 0 Å². The Balaban J connectivity index is 2.31. The van der Waals surface area contributed by atoms with Crippen LogP contribution >= 0.6 is 11.3 Å². The highest BCUT2D eigenvalue weighted by molar-refractivity contribution is 7.14. The molecule has 9 heteroatoms. The highest BCUT2D eigenvalue weighted by atomic mass is 32.1. The minimum Gasteiger partial charge on any atom is -0.468 e. The molecular weight excluding hydrogens is 386 g/mol. The van der Waals surface area contributed by atoms with Crippen LogP contribution < -0.4 is 0 Å². The Morgan fingerprint density at radius 3 is 2.21 bits per heavy atom. The number of hydrogen-bond acceptors (Lipinski definition) is 9. The Labute approximate surface area is 166 Å². The zero-order chi connectivity index (χ0) is 21.0. The summed E-state index contributed by atoms with van der Waals surface area (Å²) in [6, 6.07) is 3.43. The number of carbonyl (C=O) groups excluding carboxylic acids is 4. The Kier molecular flexibility index (Phi) is 6.85. The van der Waals surface area contributed by atoms with E-state index in [-0.39, 0.29) is 17.1 Å². The molecule has 28 heavy (non-hydrogen) atoms. The quantitative estimate of drug-likeness (QED) is 0.404. The Hall–Kier alpha value is -2.81. The molecule has 0 amide bonds. The van der Waals surface area contributed by atoms with Crippen molar-refractivity contribution in [3.8, 4) is 0 Å². The molecule has 0 saturated carbocycles. The predicted molar refractivity (Wildman–Crippen MR) is 101 cm³/mol. The fraction of sp³-hybridized carbons (Fsp3) is 0.421. The molecule has 150 valence electrons. The number of hydrogen-bond donors (Lipinski definition) is 0. The summed E-state index contributed by atoms with van der Waals surface area (Å²) in [5.41, 5.74) is 0.457. The number of thiophene rings is 1.